The fourth-order valence-electron chi connectivity index (χ4n) is 2.25. The molecule has 0 heterocycles. The van der Waals surface area contributed by atoms with Crippen molar-refractivity contribution in [3.05, 3.63) is 47.5 Å². The van der Waals surface area contributed by atoms with Crippen LogP contribution in [0.2, 0.25) is 0 Å². The minimum Gasteiger partial charge on any atom is -0.389 e. The van der Waals surface area contributed by atoms with Crippen molar-refractivity contribution < 1.29 is 5.11 Å². The summed E-state index contributed by atoms with van der Waals surface area (Å²) in [5.74, 6) is 0. The van der Waals surface area contributed by atoms with E-state index in [0.717, 1.165) is 18.4 Å². The molecule has 0 radical (unpaired) electrons. The molecule has 0 fully saturated rings. The highest BCUT2D eigenvalue weighted by Crippen LogP contribution is 2.27. The number of benzene rings is 2. The van der Waals surface area contributed by atoms with E-state index in [1.807, 2.05) is 19.1 Å². The Kier molecular flexibility index (Phi) is 3.25. The van der Waals surface area contributed by atoms with Crippen molar-refractivity contribution in [2.45, 2.75) is 32.8 Å². The second-order valence-corrected chi connectivity index (χ2v) is 4.29. The van der Waals surface area contributed by atoms with Crippen molar-refractivity contribution in [2.24, 2.45) is 0 Å². The summed E-state index contributed by atoms with van der Waals surface area (Å²) in [4.78, 5) is 0. The van der Waals surface area contributed by atoms with Gasteiger partial charge in [0.25, 0.3) is 0 Å². The summed E-state index contributed by atoms with van der Waals surface area (Å²) in [7, 11) is 0. The quantitative estimate of drug-likeness (QED) is 0.823. The molecule has 1 heteroatoms. The Hall–Kier alpha value is -1.34. The van der Waals surface area contributed by atoms with Gasteiger partial charge in [0.2, 0.25) is 0 Å². The van der Waals surface area contributed by atoms with E-state index in [4.69, 9.17) is 0 Å². The standard InChI is InChI=1S/C15H18O/c1-3-6-12-7-4-10-15-13(11(2)16)8-5-9-14(12)15/h4-5,7-11,16H,3,6H2,1-2H3. The van der Waals surface area contributed by atoms with Gasteiger partial charge in [-0.15, -0.1) is 0 Å². The maximum absolute atomic E-state index is 9.74. The number of hydrogen-bond donors (Lipinski definition) is 1. The predicted octanol–water partition coefficient (Wildman–Crippen LogP) is 3.85. The SMILES string of the molecule is CCCc1cccc2c(C(C)O)cccc12. The fourth-order valence-corrected chi connectivity index (χ4v) is 2.25. The molecule has 1 unspecified atom stereocenters. The average molecular weight is 214 g/mol. The molecular weight excluding hydrogens is 196 g/mol. The van der Waals surface area contributed by atoms with Crippen molar-refractivity contribution in [1.82, 2.24) is 0 Å². The van der Waals surface area contributed by atoms with Gasteiger partial charge in [-0.25, -0.2) is 0 Å². The molecule has 2 aromatic rings. The van der Waals surface area contributed by atoms with Gasteiger partial charge in [-0.3, -0.25) is 0 Å². The van der Waals surface area contributed by atoms with Gasteiger partial charge in [-0.2, -0.15) is 0 Å². The van der Waals surface area contributed by atoms with Crippen molar-refractivity contribution in [1.29, 1.82) is 0 Å². The first-order valence-electron chi connectivity index (χ1n) is 5.92. The average Bonchev–Trinajstić information content (AvgIpc) is 2.29. The second kappa shape index (κ2) is 4.67. The highest BCUT2D eigenvalue weighted by molar-refractivity contribution is 5.88. The zero-order valence-electron chi connectivity index (χ0n) is 9.90. The van der Waals surface area contributed by atoms with Crippen molar-refractivity contribution in [3.8, 4) is 0 Å². The van der Waals surface area contributed by atoms with E-state index < -0.39 is 6.10 Å². The fraction of sp³-hybridized carbons (Fsp3) is 0.333. The third-order valence-corrected chi connectivity index (χ3v) is 3.02. The first kappa shape index (κ1) is 11.2. The molecule has 1 N–H and O–H groups in total. The first-order valence-corrected chi connectivity index (χ1v) is 5.92. The van der Waals surface area contributed by atoms with E-state index in [0.29, 0.717) is 0 Å². The van der Waals surface area contributed by atoms with Crippen LogP contribution >= 0.6 is 0 Å². The number of hydrogen-bond acceptors (Lipinski definition) is 1. The van der Waals surface area contributed by atoms with Gasteiger partial charge in [-0.1, -0.05) is 49.7 Å². The molecule has 0 aliphatic carbocycles. The summed E-state index contributed by atoms with van der Waals surface area (Å²) in [6, 6.07) is 12.5. The van der Waals surface area contributed by atoms with Crippen LogP contribution in [0, 0.1) is 0 Å². The molecule has 1 atom stereocenters. The predicted molar refractivity (Wildman–Crippen MR) is 68.6 cm³/mol. The van der Waals surface area contributed by atoms with E-state index in [1.165, 1.54) is 16.3 Å². The Morgan fingerprint density at radius 2 is 1.75 bits per heavy atom. The molecule has 16 heavy (non-hydrogen) atoms. The van der Waals surface area contributed by atoms with Crippen molar-refractivity contribution >= 4 is 10.8 Å². The molecule has 1 nitrogen and oxygen atoms in total. The summed E-state index contributed by atoms with van der Waals surface area (Å²) in [6.07, 6.45) is 1.85. The third-order valence-electron chi connectivity index (χ3n) is 3.02. The number of fused-ring (bicyclic) bond motifs is 1. The Labute approximate surface area is 96.7 Å². The maximum Gasteiger partial charge on any atom is 0.0767 e. The first-order chi connectivity index (χ1) is 7.74. The highest BCUT2D eigenvalue weighted by Gasteiger charge is 2.07. The largest absolute Gasteiger partial charge is 0.389 e. The summed E-state index contributed by atoms with van der Waals surface area (Å²) < 4.78 is 0. The summed E-state index contributed by atoms with van der Waals surface area (Å²) in [5, 5.41) is 12.2. The van der Waals surface area contributed by atoms with Gasteiger partial charge in [0.05, 0.1) is 6.10 Å². The zero-order valence-corrected chi connectivity index (χ0v) is 9.90. The van der Waals surface area contributed by atoms with Crippen LogP contribution in [0.1, 0.15) is 37.5 Å². The van der Waals surface area contributed by atoms with E-state index in [1.54, 1.807) is 0 Å². The molecule has 2 aromatic carbocycles. The summed E-state index contributed by atoms with van der Waals surface area (Å²) >= 11 is 0. The van der Waals surface area contributed by atoms with Crippen LogP contribution in [0.25, 0.3) is 10.8 Å². The smallest absolute Gasteiger partial charge is 0.0767 e. The molecule has 0 aromatic heterocycles. The van der Waals surface area contributed by atoms with Crippen molar-refractivity contribution in [2.75, 3.05) is 0 Å². The van der Waals surface area contributed by atoms with Crippen LogP contribution in [0.3, 0.4) is 0 Å². The highest BCUT2D eigenvalue weighted by atomic mass is 16.3. The molecular formula is C15H18O. The number of aryl methyl sites for hydroxylation is 1. The summed E-state index contributed by atoms with van der Waals surface area (Å²) in [5.41, 5.74) is 2.40. The number of aliphatic hydroxyl groups is 1. The van der Waals surface area contributed by atoms with E-state index in [9.17, 15) is 5.11 Å². The van der Waals surface area contributed by atoms with Gasteiger partial charge < -0.3 is 5.11 Å². The zero-order chi connectivity index (χ0) is 11.5. The van der Waals surface area contributed by atoms with E-state index in [2.05, 4.69) is 31.2 Å². The van der Waals surface area contributed by atoms with Crippen LogP contribution < -0.4 is 0 Å². The van der Waals surface area contributed by atoms with Gasteiger partial charge in [0, 0.05) is 0 Å². The molecule has 2 rings (SSSR count). The molecule has 0 spiro atoms. The molecule has 84 valence electrons. The molecule has 0 aliphatic rings. The normalized spacial score (nSPS) is 12.9. The van der Waals surface area contributed by atoms with Gasteiger partial charge in [0.15, 0.2) is 0 Å². The number of aliphatic hydroxyl groups excluding tert-OH is 1. The lowest BCUT2D eigenvalue weighted by molar-refractivity contribution is 0.201. The molecule has 0 saturated heterocycles. The lowest BCUT2D eigenvalue weighted by Crippen LogP contribution is -1.94. The Balaban J connectivity index is 2.66. The van der Waals surface area contributed by atoms with Crippen LogP contribution in [-0.2, 0) is 6.42 Å². The third kappa shape index (κ3) is 1.96. The lowest BCUT2D eigenvalue weighted by Gasteiger charge is -2.11. The number of rotatable bonds is 3. The molecule has 0 aliphatic heterocycles. The van der Waals surface area contributed by atoms with Crippen LogP contribution in [-0.4, -0.2) is 5.11 Å². The topological polar surface area (TPSA) is 20.2 Å². The lowest BCUT2D eigenvalue weighted by atomic mass is 9.96. The van der Waals surface area contributed by atoms with Crippen molar-refractivity contribution in [3.63, 3.8) is 0 Å². The minimum atomic E-state index is -0.402. The Morgan fingerprint density at radius 3 is 2.44 bits per heavy atom. The maximum atomic E-state index is 9.74. The molecule has 0 saturated carbocycles. The van der Waals surface area contributed by atoms with Gasteiger partial charge in [0.1, 0.15) is 0 Å². The Morgan fingerprint density at radius 1 is 1.06 bits per heavy atom. The van der Waals surface area contributed by atoms with Crippen LogP contribution in [0.15, 0.2) is 36.4 Å². The van der Waals surface area contributed by atoms with E-state index >= 15 is 0 Å². The van der Waals surface area contributed by atoms with Gasteiger partial charge >= 0.3 is 0 Å². The minimum absolute atomic E-state index is 0.402. The molecule has 0 bridgehead atoms. The van der Waals surface area contributed by atoms with Crippen LogP contribution in [0.5, 0.6) is 0 Å². The monoisotopic (exact) mass is 214 g/mol. The Bertz CT molecular complexity index is 486. The van der Waals surface area contributed by atoms with Gasteiger partial charge in [-0.05, 0) is 35.2 Å². The second-order valence-electron chi connectivity index (χ2n) is 4.29. The van der Waals surface area contributed by atoms with Crippen LogP contribution in [0.4, 0.5) is 0 Å². The van der Waals surface area contributed by atoms with E-state index in [-0.39, 0.29) is 0 Å². The molecule has 0 amide bonds. The summed E-state index contributed by atoms with van der Waals surface area (Å²) in [6.45, 7) is 4.01.